The third kappa shape index (κ3) is 3.19. The van der Waals surface area contributed by atoms with Crippen molar-refractivity contribution in [1.82, 2.24) is 0 Å². The fourth-order valence-electron chi connectivity index (χ4n) is 0.495. The number of aliphatic carboxylic acids is 1. The standard InChI is InChI=1S/C6H10O4/c1-2-4(7)5(8)3-6(9)10/h4,7H,2-3H2,1H3,(H,9,10). The van der Waals surface area contributed by atoms with E-state index in [4.69, 9.17) is 10.2 Å². The van der Waals surface area contributed by atoms with Crippen molar-refractivity contribution in [3.8, 4) is 0 Å². The molecule has 0 saturated carbocycles. The minimum atomic E-state index is -1.20. The van der Waals surface area contributed by atoms with Gasteiger partial charge in [0.15, 0.2) is 5.78 Å². The van der Waals surface area contributed by atoms with Crippen LogP contribution >= 0.6 is 0 Å². The number of carbonyl (C=O) groups excluding carboxylic acids is 1. The Kier molecular flexibility index (Phi) is 3.64. The van der Waals surface area contributed by atoms with Gasteiger partial charge in [-0.1, -0.05) is 6.92 Å². The molecule has 0 amide bonds. The van der Waals surface area contributed by atoms with Crippen molar-refractivity contribution >= 4 is 11.8 Å². The molecule has 0 radical (unpaired) electrons. The first-order valence-electron chi connectivity index (χ1n) is 3.00. The normalized spacial score (nSPS) is 12.6. The maximum atomic E-state index is 10.6. The number of carboxylic acids is 1. The zero-order valence-corrected chi connectivity index (χ0v) is 5.70. The first-order valence-corrected chi connectivity index (χ1v) is 3.00. The second kappa shape index (κ2) is 4.00. The van der Waals surface area contributed by atoms with Crippen LogP contribution in [-0.4, -0.2) is 28.1 Å². The van der Waals surface area contributed by atoms with Crippen molar-refractivity contribution in [2.45, 2.75) is 25.9 Å². The topological polar surface area (TPSA) is 74.6 Å². The number of carboxylic acid groups (broad SMARTS) is 1. The lowest BCUT2D eigenvalue weighted by Crippen LogP contribution is -2.21. The lowest BCUT2D eigenvalue weighted by Gasteiger charge is -2.02. The van der Waals surface area contributed by atoms with E-state index in [2.05, 4.69) is 0 Å². The van der Waals surface area contributed by atoms with Crippen LogP contribution < -0.4 is 0 Å². The average Bonchev–Trinajstić information content (AvgIpc) is 1.85. The number of aliphatic hydroxyl groups excluding tert-OH is 1. The van der Waals surface area contributed by atoms with Crippen LogP contribution in [0.5, 0.6) is 0 Å². The summed E-state index contributed by atoms with van der Waals surface area (Å²) in [6.45, 7) is 1.62. The fraction of sp³-hybridized carbons (Fsp3) is 0.667. The third-order valence-corrected chi connectivity index (χ3v) is 1.08. The molecule has 4 heteroatoms. The minimum Gasteiger partial charge on any atom is -0.481 e. The van der Waals surface area contributed by atoms with Crippen LogP contribution in [0.1, 0.15) is 19.8 Å². The van der Waals surface area contributed by atoms with Gasteiger partial charge in [0.05, 0.1) is 0 Å². The monoisotopic (exact) mass is 146 g/mol. The molecule has 0 rings (SSSR count). The smallest absolute Gasteiger partial charge is 0.310 e. The Morgan fingerprint density at radius 2 is 2.00 bits per heavy atom. The second-order valence-electron chi connectivity index (χ2n) is 1.96. The molecule has 4 nitrogen and oxygen atoms in total. The van der Waals surface area contributed by atoms with E-state index in [1.807, 2.05) is 0 Å². The van der Waals surface area contributed by atoms with Gasteiger partial charge in [-0.25, -0.2) is 0 Å². The summed E-state index contributed by atoms with van der Waals surface area (Å²) < 4.78 is 0. The van der Waals surface area contributed by atoms with Crippen LogP contribution in [0.15, 0.2) is 0 Å². The molecule has 0 aromatic rings. The summed E-state index contributed by atoms with van der Waals surface area (Å²) in [6.07, 6.45) is -1.43. The van der Waals surface area contributed by atoms with Gasteiger partial charge < -0.3 is 10.2 Å². The Morgan fingerprint density at radius 3 is 2.30 bits per heavy atom. The lowest BCUT2D eigenvalue weighted by molar-refractivity contribution is -0.142. The van der Waals surface area contributed by atoms with Crippen molar-refractivity contribution in [3.63, 3.8) is 0 Å². The zero-order valence-electron chi connectivity index (χ0n) is 5.70. The average molecular weight is 146 g/mol. The lowest BCUT2D eigenvalue weighted by atomic mass is 10.1. The third-order valence-electron chi connectivity index (χ3n) is 1.08. The molecule has 0 bridgehead atoms. The van der Waals surface area contributed by atoms with E-state index in [1.165, 1.54) is 0 Å². The van der Waals surface area contributed by atoms with Crippen molar-refractivity contribution in [3.05, 3.63) is 0 Å². The molecular weight excluding hydrogens is 136 g/mol. The van der Waals surface area contributed by atoms with Gasteiger partial charge in [0.2, 0.25) is 0 Å². The quantitative estimate of drug-likeness (QED) is 0.538. The van der Waals surface area contributed by atoms with Crippen molar-refractivity contribution in [2.24, 2.45) is 0 Å². The Balaban J connectivity index is 3.73. The molecule has 0 spiro atoms. The molecule has 0 aliphatic carbocycles. The van der Waals surface area contributed by atoms with Crippen molar-refractivity contribution in [1.29, 1.82) is 0 Å². The van der Waals surface area contributed by atoms with E-state index < -0.39 is 24.3 Å². The predicted molar refractivity (Wildman–Crippen MR) is 33.6 cm³/mol. The van der Waals surface area contributed by atoms with Crippen LogP contribution in [0.4, 0.5) is 0 Å². The molecule has 0 fully saturated rings. The Hall–Kier alpha value is -0.900. The Morgan fingerprint density at radius 1 is 1.50 bits per heavy atom. The number of hydrogen-bond donors (Lipinski definition) is 2. The van der Waals surface area contributed by atoms with E-state index in [0.717, 1.165) is 0 Å². The summed E-state index contributed by atoms with van der Waals surface area (Å²) in [7, 11) is 0. The van der Waals surface area contributed by atoms with Gasteiger partial charge in [-0.3, -0.25) is 9.59 Å². The van der Waals surface area contributed by atoms with Gasteiger partial charge in [0.25, 0.3) is 0 Å². The molecule has 0 aliphatic rings. The Bertz CT molecular complexity index is 141. The van der Waals surface area contributed by atoms with Gasteiger partial charge in [-0.2, -0.15) is 0 Å². The van der Waals surface area contributed by atoms with Gasteiger partial charge in [0, 0.05) is 0 Å². The summed E-state index contributed by atoms with van der Waals surface area (Å²) in [5.74, 6) is -1.83. The molecule has 1 unspecified atom stereocenters. The molecule has 0 heterocycles. The summed E-state index contributed by atoms with van der Waals surface area (Å²) in [4.78, 5) is 20.5. The van der Waals surface area contributed by atoms with E-state index >= 15 is 0 Å². The van der Waals surface area contributed by atoms with Gasteiger partial charge in [-0.05, 0) is 6.42 Å². The van der Waals surface area contributed by atoms with E-state index in [1.54, 1.807) is 6.92 Å². The van der Waals surface area contributed by atoms with E-state index in [9.17, 15) is 9.59 Å². The molecule has 1 atom stereocenters. The van der Waals surface area contributed by atoms with Gasteiger partial charge >= 0.3 is 5.97 Å². The van der Waals surface area contributed by atoms with Gasteiger partial charge in [0.1, 0.15) is 12.5 Å². The maximum absolute atomic E-state index is 10.6. The van der Waals surface area contributed by atoms with Gasteiger partial charge in [-0.15, -0.1) is 0 Å². The highest BCUT2D eigenvalue weighted by Crippen LogP contribution is 1.95. The van der Waals surface area contributed by atoms with Crippen molar-refractivity contribution in [2.75, 3.05) is 0 Å². The largest absolute Gasteiger partial charge is 0.481 e. The van der Waals surface area contributed by atoms with Crippen LogP contribution in [-0.2, 0) is 9.59 Å². The maximum Gasteiger partial charge on any atom is 0.310 e. The number of carbonyl (C=O) groups is 2. The van der Waals surface area contributed by atoms with E-state index in [-0.39, 0.29) is 6.42 Å². The predicted octanol–water partition coefficient (Wildman–Crippen LogP) is -0.199. The minimum absolute atomic E-state index is 0.270. The van der Waals surface area contributed by atoms with Crippen LogP contribution in [0.3, 0.4) is 0 Å². The first-order chi connectivity index (χ1) is 4.57. The van der Waals surface area contributed by atoms with E-state index in [0.29, 0.717) is 0 Å². The van der Waals surface area contributed by atoms with Crippen LogP contribution in [0.25, 0.3) is 0 Å². The first kappa shape index (κ1) is 9.10. The molecule has 58 valence electrons. The summed E-state index contributed by atoms with van der Waals surface area (Å²) in [5.41, 5.74) is 0. The SMILES string of the molecule is CCC(O)C(=O)CC(=O)O. The number of hydrogen-bond acceptors (Lipinski definition) is 3. The summed E-state index contributed by atoms with van der Waals surface area (Å²) >= 11 is 0. The molecule has 10 heavy (non-hydrogen) atoms. The molecule has 0 aromatic heterocycles. The summed E-state index contributed by atoms with van der Waals surface area (Å²) in [5, 5.41) is 16.9. The molecule has 0 aliphatic heterocycles. The number of aliphatic hydroxyl groups is 1. The number of ketones is 1. The molecular formula is C6H10O4. The van der Waals surface area contributed by atoms with Crippen LogP contribution in [0.2, 0.25) is 0 Å². The molecule has 2 N–H and O–H groups in total. The highest BCUT2D eigenvalue weighted by atomic mass is 16.4. The van der Waals surface area contributed by atoms with Crippen LogP contribution in [0, 0.1) is 0 Å². The number of rotatable bonds is 4. The molecule has 0 saturated heterocycles. The second-order valence-corrected chi connectivity index (χ2v) is 1.96. The highest BCUT2D eigenvalue weighted by Gasteiger charge is 2.15. The fourth-order valence-corrected chi connectivity index (χ4v) is 0.495. The zero-order chi connectivity index (χ0) is 8.15. The van der Waals surface area contributed by atoms with Crippen molar-refractivity contribution < 1.29 is 19.8 Å². The summed E-state index contributed by atoms with van der Waals surface area (Å²) in [6, 6.07) is 0. The molecule has 0 aromatic carbocycles. The Labute approximate surface area is 58.5 Å². The number of Topliss-reactive ketones (excluding diaryl/α,β-unsaturated/α-hetero) is 1. The highest BCUT2D eigenvalue weighted by molar-refractivity contribution is 5.97.